The van der Waals surface area contributed by atoms with Gasteiger partial charge in [0.2, 0.25) is 0 Å². The van der Waals surface area contributed by atoms with Crippen LogP contribution in [0, 0.1) is 6.92 Å². The van der Waals surface area contributed by atoms with E-state index in [0.717, 1.165) is 5.56 Å². The fourth-order valence-electron chi connectivity index (χ4n) is 2.42. The van der Waals surface area contributed by atoms with Crippen LogP contribution in [0.25, 0.3) is 0 Å². The molecule has 0 heterocycles. The number of methoxy groups -OCH3 is 1. The minimum atomic E-state index is -1.11. The van der Waals surface area contributed by atoms with Gasteiger partial charge in [0.05, 0.1) is 27.7 Å². The zero-order valence-corrected chi connectivity index (χ0v) is 16.4. The molecule has 0 unspecified atom stereocenters. The lowest BCUT2D eigenvalue weighted by Gasteiger charge is -2.17. The lowest BCUT2D eigenvalue weighted by atomic mass is 10.0. The number of aromatic carboxylic acids is 1. The van der Waals surface area contributed by atoms with Gasteiger partial charge in [0.1, 0.15) is 11.5 Å². The fourth-order valence-corrected chi connectivity index (χ4v) is 3.25. The molecule has 0 bridgehead atoms. The number of benzene rings is 2. The van der Waals surface area contributed by atoms with E-state index in [0.29, 0.717) is 22.1 Å². The topological polar surface area (TPSA) is 55.8 Å². The van der Waals surface area contributed by atoms with Crippen LogP contribution in [0.4, 0.5) is 0 Å². The minimum Gasteiger partial charge on any atom is -0.495 e. The predicted octanol–water partition coefficient (Wildman–Crippen LogP) is 6.58. The maximum atomic E-state index is 11.2. The summed E-state index contributed by atoms with van der Waals surface area (Å²) in [5.74, 6) is 0.238. The number of carbonyl (C=O) groups is 1. The SMILES string of the molecule is COc1c(Cl)cc(Oc2c(Cl)cc(C(=O)O)c(C)c2Cl)cc1C(C)C. The molecule has 2 aromatic carbocycles. The molecule has 0 aliphatic heterocycles. The lowest BCUT2D eigenvalue weighted by Crippen LogP contribution is -2.02. The van der Waals surface area contributed by atoms with Gasteiger partial charge in [-0.15, -0.1) is 0 Å². The molecular weight excluding hydrogens is 387 g/mol. The second kappa shape index (κ2) is 7.73. The standard InChI is InChI=1S/C18H17Cl3O4/c1-8(2)11-5-10(6-13(19)16(11)24-4)25-17-14(20)7-12(18(22)23)9(3)15(17)21/h5-8H,1-4H3,(H,22,23). The maximum Gasteiger partial charge on any atom is 0.336 e. The van der Waals surface area contributed by atoms with Gasteiger partial charge < -0.3 is 14.6 Å². The Morgan fingerprint density at radius 1 is 1.08 bits per heavy atom. The molecular formula is C18H17Cl3O4. The highest BCUT2D eigenvalue weighted by Crippen LogP contribution is 2.43. The van der Waals surface area contributed by atoms with Crippen LogP contribution in [0.3, 0.4) is 0 Å². The molecule has 0 spiro atoms. The molecule has 0 atom stereocenters. The predicted molar refractivity (Wildman–Crippen MR) is 100 cm³/mol. The Morgan fingerprint density at radius 3 is 2.20 bits per heavy atom. The summed E-state index contributed by atoms with van der Waals surface area (Å²) in [5.41, 5.74) is 1.27. The van der Waals surface area contributed by atoms with E-state index in [9.17, 15) is 9.90 Å². The van der Waals surface area contributed by atoms with Crippen molar-refractivity contribution in [1.29, 1.82) is 0 Å². The quantitative estimate of drug-likeness (QED) is 0.612. The number of ether oxygens (including phenoxy) is 2. The number of rotatable bonds is 5. The Morgan fingerprint density at radius 2 is 1.68 bits per heavy atom. The van der Waals surface area contributed by atoms with E-state index < -0.39 is 5.97 Å². The summed E-state index contributed by atoms with van der Waals surface area (Å²) >= 11 is 18.7. The van der Waals surface area contributed by atoms with Crippen LogP contribution in [0.1, 0.15) is 41.3 Å². The van der Waals surface area contributed by atoms with Crippen LogP contribution >= 0.6 is 34.8 Å². The molecule has 0 aliphatic rings. The first-order valence-electron chi connectivity index (χ1n) is 7.44. The Labute approximate surface area is 161 Å². The Bertz CT molecular complexity index is 832. The number of carboxylic acids is 1. The first kappa shape index (κ1) is 19.7. The summed E-state index contributed by atoms with van der Waals surface area (Å²) in [6, 6.07) is 4.71. The van der Waals surface area contributed by atoms with E-state index in [1.807, 2.05) is 13.8 Å². The highest BCUT2D eigenvalue weighted by atomic mass is 35.5. The van der Waals surface area contributed by atoms with Crippen LogP contribution in [-0.4, -0.2) is 18.2 Å². The van der Waals surface area contributed by atoms with Crippen LogP contribution in [0.5, 0.6) is 17.2 Å². The second-order valence-electron chi connectivity index (χ2n) is 5.76. The molecule has 7 heteroatoms. The first-order valence-corrected chi connectivity index (χ1v) is 8.57. The van der Waals surface area contributed by atoms with Gasteiger partial charge in [0, 0.05) is 11.6 Å². The van der Waals surface area contributed by atoms with E-state index in [1.165, 1.54) is 6.07 Å². The molecule has 134 valence electrons. The average Bonchev–Trinajstić information content (AvgIpc) is 2.54. The Hall–Kier alpha value is -1.62. The van der Waals surface area contributed by atoms with Gasteiger partial charge in [0.15, 0.2) is 5.75 Å². The highest BCUT2D eigenvalue weighted by Gasteiger charge is 2.20. The van der Waals surface area contributed by atoms with E-state index in [1.54, 1.807) is 26.2 Å². The smallest absolute Gasteiger partial charge is 0.336 e. The number of hydrogen-bond donors (Lipinski definition) is 1. The zero-order valence-electron chi connectivity index (χ0n) is 14.1. The number of halogens is 3. The van der Waals surface area contributed by atoms with Crippen molar-refractivity contribution in [2.75, 3.05) is 7.11 Å². The molecule has 25 heavy (non-hydrogen) atoms. The van der Waals surface area contributed by atoms with E-state index in [2.05, 4.69) is 0 Å². The summed E-state index contributed by atoms with van der Waals surface area (Å²) in [7, 11) is 1.55. The lowest BCUT2D eigenvalue weighted by molar-refractivity contribution is 0.0696. The Balaban J connectivity index is 2.54. The fraction of sp³-hybridized carbons (Fsp3) is 0.278. The Kier molecular flexibility index (Phi) is 6.09. The summed E-state index contributed by atoms with van der Waals surface area (Å²) in [6.45, 7) is 5.60. The summed E-state index contributed by atoms with van der Waals surface area (Å²) in [4.78, 5) is 11.2. The third-order valence-corrected chi connectivity index (χ3v) is 4.76. The van der Waals surface area contributed by atoms with Gasteiger partial charge in [-0.2, -0.15) is 0 Å². The molecule has 0 saturated carbocycles. The number of carboxylic acid groups (broad SMARTS) is 1. The molecule has 2 aromatic rings. The molecule has 4 nitrogen and oxygen atoms in total. The van der Waals surface area contributed by atoms with Crippen molar-refractivity contribution in [2.45, 2.75) is 26.7 Å². The molecule has 0 radical (unpaired) electrons. The van der Waals surface area contributed by atoms with Crippen molar-refractivity contribution < 1.29 is 19.4 Å². The molecule has 0 amide bonds. The van der Waals surface area contributed by atoms with E-state index >= 15 is 0 Å². The minimum absolute atomic E-state index is 0.0259. The average molecular weight is 404 g/mol. The molecule has 0 aromatic heterocycles. The number of hydrogen-bond acceptors (Lipinski definition) is 3. The van der Waals surface area contributed by atoms with Crippen LogP contribution in [-0.2, 0) is 0 Å². The van der Waals surface area contributed by atoms with Crippen molar-refractivity contribution in [3.05, 3.63) is 50.0 Å². The summed E-state index contributed by atoms with van der Waals surface area (Å²) in [5, 5.41) is 9.84. The van der Waals surface area contributed by atoms with Crippen molar-refractivity contribution >= 4 is 40.8 Å². The van der Waals surface area contributed by atoms with Gasteiger partial charge in [-0.05, 0) is 30.5 Å². The summed E-state index contributed by atoms with van der Waals surface area (Å²) < 4.78 is 11.2. The van der Waals surface area contributed by atoms with Crippen LogP contribution in [0.2, 0.25) is 15.1 Å². The monoisotopic (exact) mass is 402 g/mol. The van der Waals surface area contributed by atoms with Crippen LogP contribution in [0.15, 0.2) is 18.2 Å². The van der Waals surface area contributed by atoms with Crippen molar-refractivity contribution in [1.82, 2.24) is 0 Å². The largest absolute Gasteiger partial charge is 0.495 e. The van der Waals surface area contributed by atoms with Crippen molar-refractivity contribution in [3.63, 3.8) is 0 Å². The third-order valence-electron chi connectivity index (χ3n) is 3.74. The molecule has 0 aliphatic carbocycles. The zero-order chi connectivity index (χ0) is 18.9. The third kappa shape index (κ3) is 3.97. The van der Waals surface area contributed by atoms with Gasteiger partial charge >= 0.3 is 5.97 Å². The normalized spacial score (nSPS) is 10.9. The van der Waals surface area contributed by atoms with Crippen molar-refractivity contribution in [2.24, 2.45) is 0 Å². The first-order chi connectivity index (χ1) is 11.7. The van der Waals surface area contributed by atoms with Crippen LogP contribution < -0.4 is 9.47 Å². The molecule has 0 fully saturated rings. The second-order valence-corrected chi connectivity index (χ2v) is 6.96. The molecule has 1 N–H and O–H groups in total. The molecule has 2 rings (SSSR count). The summed E-state index contributed by atoms with van der Waals surface area (Å²) in [6.07, 6.45) is 0. The van der Waals surface area contributed by atoms with E-state index in [4.69, 9.17) is 44.3 Å². The maximum absolute atomic E-state index is 11.2. The van der Waals surface area contributed by atoms with Gasteiger partial charge in [0.25, 0.3) is 0 Å². The van der Waals surface area contributed by atoms with Gasteiger partial charge in [-0.1, -0.05) is 48.7 Å². The van der Waals surface area contributed by atoms with Gasteiger partial charge in [-0.3, -0.25) is 0 Å². The van der Waals surface area contributed by atoms with Gasteiger partial charge in [-0.25, -0.2) is 4.79 Å². The molecule has 0 saturated heterocycles. The van der Waals surface area contributed by atoms with Crippen molar-refractivity contribution in [3.8, 4) is 17.2 Å². The van der Waals surface area contributed by atoms with E-state index in [-0.39, 0.29) is 27.3 Å². The highest BCUT2D eigenvalue weighted by molar-refractivity contribution is 6.38.